The van der Waals surface area contributed by atoms with E-state index in [1.165, 1.54) is 11.6 Å². The van der Waals surface area contributed by atoms with Crippen LogP contribution in [0.5, 0.6) is 0 Å². The predicted octanol–water partition coefficient (Wildman–Crippen LogP) is 3.14. The van der Waals surface area contributed by atoms with Crippen LogP contribution >= 0.6 is 0 Å². The average Bonchev–Trinajstić information content (AvgIpc) is 3.22. The van der Waals surface area contributed by atoms with Crippen LogP contribution in [0.1, 0.15) is 40.0 Å². The van der Waals surface area contributed by atoms with Crippen LogP contribution in [0.15, 0.2) is 77.9 Å². The van der Waals surface area contributed by atoms with Gasteiger partial charge in [0.05, 0.1) is 11.7 Å². The average molecular weight is 411 g/mol. The van der Waals surface area contributed by atoms with Gasteiger partial charge in [-0.3, -0.25) is 9.59 Å². The number of para-hydroxylation sites is 2. The quantitative estimate of drug-likeness (QED) is 0.562. The Kier molecular flexibility index (Phi) is 4.71. The number of hydrogen-bond acceptors (Lipinski definition) is 4. The van der Waals surface area contributed by atoms with Crippen LogP contribution in [0.3, 0.4) is 0 Å². The molecule has 0 radical (unpaired) electrons. The Balaban J connectivity index is 1.48. The molecular weight excluding hydrogens is 390 g/mol. The fraction of sp³-hybridized carbons (Fsp3) is 0.167. The van der Waals surface area contributed by atoms with Crippen molar-refractivity contribution in [1.29, 1.82) is 0 Å². The van der Waals surface area contributed by atoms with Crippen molar-refractivity contribution in [2.24, 2.45) is 0 Å². The summed E-state index contributed by atoms with van der Waals surface area (Å²) in [4.78, 5) is 30.2. The molecule has 1 amide bonds. The first-order valence-corrected chi connectivity index (χ1v) is 10.2. The Bertz CT molecular complexity index is 1320. The zero-order valence-corrected chi connectivity index (χ0v) is 17.0. The standard InChI is InChI=1S/C24H21N5O2/c1-16-15-21(30)22(27-29(16)18-8-3-2-4-9-18)24(31)26-19-12-11-17-7-5-6-10-20(17)28-14-13-25-23(19)28/h2-10,13-15,19H,11-12H2,1H3,(H,26,31). The number of nitrogens with zero attached hydrogens (tertiary/aromatic N) is 4. The van der Waals surface area contributed by atoms with E-state index in [2.05, 4.69) is 21.5 Å². The lowest BCUT2D eigenvalue weighted by atomic mass is 10.1. The highest BCUT2D eigenvalue weighted by Crippen LogP contribution is 2.28. The topological polar surface area (TPSA) is 81.8 Å². The number of hydrogen-bond donors (Lipinski definition) is 1. The van der Waals surface area contributed by atoms with Crippen molar-refractivity contribution in [2.45, 2.75) is 25.8 Å². The largest absolute Gasteiger partial charge is 0.341 e. The molecule has 0 bridgehead atoms. The molecule has 1 atom stereocenters. The number of rotatable bonds is 3. The molecule has 5 rings (SSSR count). The third-order valence-corrected chi connectivity index (χ3v) is 5.56. The normalized spacial score (nSPS) is 14.9. The molecule has 31 heavy (non-hydrogen) atoms. The molecule has 7 nitrogen and oxygen atoms in total. The summed E-state index contributed by atoms with van der Waals surface area (Å²) in [5.41, 5.74) is 3.17. The number of nitrogens with one attached hydrogen (secondary N) is 1. The fourth-order valence-corrected chi connectivity index (χ4v) is 4.06. The van der Waals surface area contributed by atoms with E-state index in [1.807, 2.05) is 59.3 Å². The summed E-state index contributed by atoms with van der Waals surface area (Å²) in [5.74, 6) is 0.244. The van der Waals surface area contributed by atoms with Gasteiger partial charge in [0.25, 0.3) is 5.91 Å². The van der Waals surface area contributed by atoms with Gasteiger partial charge < -0.3 is 9.88 Å². The number of fused-ring (bicyclic) bond motifs is 3. The minimum Gasteiger partial charge on any atom is -0.341 e. The Hall–Kier alpha value is -4.00. The predicted molar refractivity (Wildman–Crippen MR) is 117 cm³/mol. The minimum absolute atomic E-state index is 0.130. The van der Waals surface area contributed by atoms with Gasteiger partial charge in [0.2, 0.25) is 5.43 Å². The SMILES string of the molecule is Cc1cc(=O)c(C(=O)NC2CCc3ccccc3-n3ccnc32)nn1-c1ccccc1. The number of imidazole rings is 1. The fourth-order valence-electron chi connectivity index (χ4n) is 4.06. The summed E-state index contributed by atoms with van der Waals surface area (Å²) >= 11 is 0. The molecule has 1 N–H and O–H groups in total. The Morgan fingerprint density at radius 1 is 1.10 bits per heavy atom. The number of carbonyl (C=O) groups excluding carboxylic acids is 1. The first-order chi connectivity index (χ1) is 15.1. The zero-order valence-electron chi connectivity index (χ0n) is 17.0. The highest BCUT2D eigenvalue weighted by atomic mass is 16.2. The van der Waals surface area contributed by atoms with E-state index in [-0.39, 0.29) is 11.7 Å². The van der Waals surface area contributed by atoms with Crippen molar-refractivity contribution in [3.05, 3.63) is 106 Å². The smallest absolute Gasteiger partial charge is 0.276 e. The second-order valence-electron chi connectivity index (χ2n) is 7.59. The van der Waals surface area contributed by atoms with E-state index in [0.717, 1.165) is 23.6 Å². The molecule has 1 aliphatic rings. The first kappa shape index (κ1) is 19.0. The molecule has 0 saturated heterocycles. The van der Waals surface area contributed by atoms with Gasteiger partial charge in [-0.25, -0.2) is 9.67 Å². The molecule has 154 valence electrons. The van der Waals surface area contributed by atoms with Crippen LogP contribution in [0, 0.1) is 6.92 Å². The molecule has 0 saturated carbocycles. The maximum atomic E-state index is 13.1. The third kappa shape index (κ3) is 3.44. The number of aryl methyl sites for hydroxylation is 2. The monoisotopic (exact) mass is 411 g/mol. The second kappa shape index (κ2) is 7.68. The number of aromatic nitrogens is 4. The van der Waals surface area contributed by atoms with Crippen molar-refractivity contribution in [3.8, 4) is 11.4 Å². The number of amides is 1. The lowest BCUT2D eigenvalue weighted by Crippen LogP contribution is -2.35. The van der Waals surface area contributed by atoms with Gasteiger partial charge in [0, 0.05) is 29.8 Å². The van der Waals surface area contributed by atoms with Crippen LogP contribution in [-0.4, -0.2) is 25.2 Å². The molecule has 0 spiro atoms. The lowest BCUT2D eigenvalue weighted by molar-refractivity contribution is 0.0924. The van der Waals surface area contributed by atoms with Crippen molar-refractivity contribution in [2.75, 3.05) is 0 Å². The molecule has 3 heterocycles. The van der Waals surface area contributed by atoms with E-state index in [4.69, 9.17) is 0 Å². The summed E-state index contributed by atoms with van der Waals surface area (Å²) in [5, 5.41) is 7.37. The Morgan fingerprint density at radius 2 is 1.87 bits per heavy atom. The summed E-state index contributed by atoms with van der Waals surface area (Å²) in [6.07, 6.45) is 5.09. The number of carbonyl (C=O) groups is 1. The van der Waals surface area contributed by atoms with E-state index in [0.29, 0.717) is 12.1 Å². The van der Waals surface area contributed by atoms with Crippen LogP contribution in [-0.2, 0) is 6.42 Å². The molecule has 2 aromatic heterocycles. The summed E-state index contributed by atoms with van der Waals surface area (Å²) in [6, 6.07) is 18.7. The van der Waals surface area contributed by atoms with Gasteiger partial charge in [-0.05, 0) is 43.5 Å². The van der Waals surface area contributed by atoms with E-state index in [9.17, 15) is 9.59 Å². The molecule has 2 aromatic carbocycles. The van der Waals surface area contributed by atoms with Crippen molar-refractivity contribution >= 4 is 5.91 Å². The van der Waals surface area contributed by atoms with Gasteiger partial charge in [-0.15, -0.1) is 0 Å². The Morgan fingerprint density at radius 3 is 2.71 bits per heavy atom. The summed E-state index contributed by atoms with van der Waals surface area (Å²) < 4.78 is 3.61. The highest BCUT2D eigenvalue weighted by molar-refractivity contribution is 5.92. The van der Waals surface area contributed by atoms with Crippen LogP contribution in [0.25, 0.3) is 11.4 Å². The van der Waals surface area contributed by atoms with E-state index in [1.54, 1.807) is 17.8 Å². The third-order valence-electron chi connectivity index (χ3n) is 5.56. The van der Waals surface area contributed by atoms with E-state index >= 15 is 0 Å². The van der Waals surface area contributed by atoms with Gasteiger partial charge in [-0.1, -0.05) is 36.4 Å². The van der Waals surface area contributed by atoms with Gasteiger partial charge in [-0.2, -0.15) is 5.10 Å². The Labute approximate surface area is 179 Å². The first-order valence-electron chi connectivity index (χ1n) is 10.2. The maximum Gasteiger partial charge on any atom is 0.276 e. The highest BCUT2D eigenvalue weighted by Gasteiger charge is 2.26. The second-order valence-corrected chi connectivity index (χ2v) is 7.59. The van der Waals surface area contributed by atoms with Crippen molar-refractivity contribution < 1.29 is 4.79 Å². The molecular formula is C24H21N5O2. The van der Waals surface area contributed by atoms with Gasteiger partial charge in [0.15, 0.2) is 5.69 Å². The molecule has 1 unspecified atom stereocenters. The van der Waals surface area contributed by atoms with Crippen LogP contribution in [0.2, 0.25) is 0 Å². The van der Waals surface area contributed by atoms with Crippen molar-refractivity contribution in [1.82, 2.24) is 24.6 Å². The zero-order chi connectivity index (χ0) is 21.4. The summed E-state index contributed by atoms with van der Waals surface area (Å²) in [6.45, 7) is 1.79. The van der Waals surface area contributed by atoms with Crippen LogP contribution in [0.4, 0.5) is 0 Å². The maximum absolute atomic E-state index is 13.1. The molecule has 7 heteroatoms. The lowest BCUT2D eigenvalue weighted by Gasteiger charge is -2.17. The molecule has 0 fully saturated rings. The molecule has 0 aliphatic carbocycles. The van der Waals surface area contributed by atoms with Crippen LogP contribution < -0.4 is 10.7 Å². The number of benzene rings is 2. The van der Waals surface area contributed by atoms with E-state index < -0.39 is 11.3 Å². The van der Waals surface area contributed by atoms with Gasteiger partial charge >= 0.3 is 0 Å². The molecule has 1 aliphatic heterocycles. The summed E-state index contributed by atoms with van der Waals surface area (Å²) in [7, 11) is 0. The van der Waals surface area contributed by atoms with Crippen molar-refractivity contribution in [3.63, 3.8) is 0 Å². The van der Waals surface area contributed by atoms with Gasteiger partial charge in [0.1, 0.15) is 5.82 Å². The molecule has 4 aromatic rings. The minimum atomic E-state index is -0.500.